The first-order chi connectivity index (χ1) is 9.65. The van der Waals surface area contributed by atoms with Gasteiger partial charge in [-0.3, -0.25) is 9.20 Å². The Morgan fingerprint density at radius 2 is 2.10 bits per heavy atom. The summed E-state index contributed by atoms with van der Waals surface area (Å²) in [7, 11) is 0. The molecular formula is C15H11ClN2OS. The molecule has 0 amide bonds. The van der Waals surface area contributed by atoms with Crippen LogP contribution in [0.3, 0.4) is 0 Å². The molecule has 2 heterocycles. The third-order valence-corrected chi connectivity index (χ3v) is 4.02. The van der Waals surface area contributed by atoms with E-state index in [0.717, 1.165) is 16.2 Å². The number of allylic oxidation sites excluding steroid dienone is 1. The van der Waals surface area contributed by atoms with E-state index in [-0.39, 0.29) is 5.78 Å². The van der Waals surface area contributed by atoms with Crippen LogP contribution in [0, 0.1) is 6.92 Å². The zero-order valence-electron chi connectivity index (χ0n) is 10.7. The first kappa shape index (κ1) is 13.1. The molecule has 0 unspecified atom stereocenters. The van der Waals surface area contributed by atoms with Crippen molar-refractivity contribution in [2.75, 3.05) is 0 Å². The summed E-state index contributed by atoms with van der Waals surface area (Å²) in [5, 5.41) is 2.34. The number of hydrogen-bond donors (Lipinski definition) is 0. The summed E-state index contributed by atoms with van der Waals surface area (Å²) in [5.41, 5.74) is 2.52. The largest absolute Gasteiger partial charge is 0.289 e. The minimum atomic E-state index is -0.0498. The molecule has 0 saturated carbocycles. The number of imidazole rings is 1. The van der Waals surface area contributed by atoms with Gasteiger partial charge in [-0.15, -0.1) is 11.3 Å². The maximum Gasteiger partial charge on any atom is 0.195 e. The Hall–Kier alpha value is -1.91. The highest BCUT2D eigenvalue weighted by Gasteiger charge is 2.09. The van der Waals surface area contributed by atoms with E-state index in [9.17, 15) is 4.79 Å². The number of halogens is 1. The van der Waals surface area contributed by atoms with Crippen LogP contribution in [0.5, 0.6) is 0 Å². The number of thiazole rings is 1. The fourth-order valence-electron chi connectivity index (χ4n) is 1.89. The molecule has 0 fully saturated rings. The van der Waals surface area contributed by atoms with Gasteiger partial charge in [0.15, 0.2) is 15.9 Å². The van der Waals surface area contributed by atoms with Gasteiger partial charge in [0, 0.05) is 17.1 Å². The number of fused-ring (bicyclic) bond motifs is 1. The van der Waals surface area contributed by atoms with Crippen molar-refractivity contribution >= 4 is 39.8 Å². The average molecular weight is 303 g/mol. The molecule has 100 valence electrons. The molecule has 0 aliphatic heterocycles. The van der Waals surface area contributed by atoms with E-state index in [2.05, 4.69) is 4.98 Å². The molecule has 3 aromatic rings. The van der Waals surface area contributed by atoms with E-state index in [1.54, 1.807) is 6.08 Å². The van der Waals surface area contributed by atoms with Gasteiger partial charge in [0.1, 0.15) is 0 Å². The third-order valence-electron chi connectivity index (χ3n) is 2.98. The molecule has 20 heavy (non-hydrogen) atoms. The molecule has 0 spiro atoms. The van der Waals surface area contributed by atoms with E-state index in [1.807, 2.05) is 47.2 Å². The molecule has 0 radical (unpaired) electrons. The molecule has 3 rings (SSSR count). The smallest absolute Gasteiger partial charge is 0.195 e. The number of hydrogen-bond acceptors (Lipinski definition) is 3. The zero-order chi connectivity index (χ0) is 14.1. The number of benzene rings is 1. The second-order valence-corrected chi connectivity index (χ2v) is 5.64. The molecule has 0 N–H and O–H groups in total. The maximum absolute atomic E-state index is 12.1. The van der Waals surface area contributed by atoms with Crippen molar-refractivity contribution in [3.63, 3.8) is 0 Å². The lowest BCUT2D eigenvalue weighted by Gasteiger charge is -1.97. The molecule has 1 aromatic carbocycles. The summed E-state index contributed by atoms with van der Waals surface area (Å²) >= 11 is 7.57. The second kappa shape index (κ2) is 5.23. The quantitative estimate of drug-likeness (QED) is 0.535. The van der Waals surface area contributed by atoms with Crippen LogP contribution in [0.2, 0.25) is 5.15 Å². The summed E-state index contributed by atoms with van der Waals surface area (Å²) in [6.07, 6.45) is 5.11. The fraction of sp³-hybridized carbons (Fsp3) is 0.0667. The van der Waals surface area contributed by atoms with Crippen LogP contribution < -0.4 is 0 Å². The predicted octanol–water partition coefficient (Wildman–Crippen LogP) is 4.25. The van der Waals surface area contributed by atoms with Crippen LogP contribution in [0.1, 0.15) is 21.6 Å². The van der Waals surface area contributed by atoms with Gasteiger partial charge < -0.3 is 0 Å². The Morgan fingerprint density at radius 3 is 2.85 bits per heavy atom. The van der Waals surface area contributed by atoms with Crippen molar-refractivity contribution in [1.82, 2.24) is 9.38 Å². The SMILES string of the molecule is Cc1ccc(C(=O)/C=C/c2c(Cl)nc3sccn23)cc1. The average Bonchev–Trinajstić information content (AvgIpc) is 2.98. The lowest BCUT2D eigenvalue weighted by atomic mass is 10.1. The topological polar surface area (TPSA) is 34.4 Å². The van der Waals surface area contributed by atoms with Gasteiger partial charge in [-0.25, -0.2) is 4.98 Å². The fourth-order valence-corrected chi connectivity index (χ4v) is 2.90. The molecule has 0 aliphatic rings. The summed E-state index contributed by atoms with van der Waals surface area (Å²) in [4.78, 5) is 17.1. The highest BCUT2D eigenvalue weighted by atomic mass is 35.5. The standard InChI is InChI=1S/C15H11ClN2OS/c1-10-2-4-11(5-3-10)13(19)7-6-12-14(16)17-15-18(12)8-9-20-15/h2-9H,1H3/b7-6+. The van der Waals surface area contributed by atoms with Crippen molar-refractivity contribution < 1.29 is 4.79 Å². The molecule has 0 saturated heterocycles. The Morgan fingerprint density at radius 1 is 1.35 bits per heavy atom. The summed E-state index contributed by atoms with van der Waals surface area (Å²) in [6.45, 7) is 1.99. The lowest BCUT2D eigenvalue weighted by molar-refractivity contribution is 0.104. The number of aromatic nitrogens is 2. The van der Waals surface area contributed by atoms with Crippen LogP contribution in [0.15, 0.2) is 41.9 Å². The zero-order valence-corrected chi connectivity index (χ0v) is 12.3. The van der Waals surface area contributed by atoms with Gasteiger partial charge in [-0.2, -0.15) is 0 Å². The van der Waals surface area contributed by atoms with E-state index in [1.165, 1.54) is 17.4 Å². The number of nitrogens with zero attached hydrogens (tertiary/aromatic N) is 2. The minimum Gasteiger partial charge on any atom is -0.289 e. The van der Waals surface area contributed by atoms with Crippen molar-refractivity contribution in [1.29, 1.82) is 0 Å². The van der Waals surface area contributed by atoms with E-state index < -0.39 is 0 Å². The number of carbonyl (C=O) groups excluding carboxylic acids is 1. The molecule has 5 heteroatoms. The summed E-state index contributed by atoms with van der Waals surface area (Å²) < 4.78 is 1.87. The number of rotatable bonds is 3. The van der Waals surface area contributed by atoms with Gasteiger partial charge >= 0.3 is 0 Å². The van der Waals surface area contributed by atoms with Crippen LogP contribution in [0.25, 0.3) is 11.0 Å². The number of ketones is 1. The van der Waals surface area contributed by atoms with Crippen molar-refractivity contribution in [2.24, 2.45) is 0 Å². The molecule has 0 atom stereocenters. The Bertz CT molecular complexity index is 799. The Labute approximate surface area is 125 Å². The summed E-state index contributed by atoms with van der Waals surface area (Å²) in [5.74, 6) is -0.0498. The van der Waals surface area contributed by atoms with E-state index in [4.69, 9.17) is 11.6 Å². The summed E-state index contributed by atoms with van der Waals surface area (Å²) in [6, 6.07) is 7.48. The molecule has 3 nitrogen and oxygen atoms in total. The van der Waals surface area contributed by atoms with Crippen LogP contribution in [0.4, 0.5) is 0 Å². The molecular weight excluding hydrogens is 292 g/mol. The molecule has 0 aliphatic carbocycles. The second-order valence-electron chi connectivity index (χ2n) is 4.41. The number of aryl methyl sites for hydroxylation is 1. The predicted molar refractivity (Wildman–Crippen MR) is 82.6 cm³/mol. The highest BCUT2D eigenvalue weighted by Crippen LogP contribution is 2.22. The Balaban J connectivity index is 1.90. The van der Waals surface area contributed by atoms with Gasteiger partial charge in [0.05, 0.1) is 5.69 Å². The van der Waals surface area contributed by atoms with Gasteiger partial charge in [-0.05, 0) is 19.1 Å². The minimum absolute atomic E-state index is 0.0498. The normalized spacial score (nSPS) is 11.5. The van der Waals surface area contributed by atoms with E-state index in [0.29, 0.717) is 10.7 Å². The van der Waals surface area contributed by atoms with Crippen molar-refractivity contribution in [3.05, 3.63) is 63.9 Å². The highest BCUT2D eigenvalue weighted by molar-refractivity contribution is 7.15. The monoisotopic (exact) mass is 302 g/mol. The first-order valence-corrected chi connectivity index (χ1v) is 7.31. The van der Waals surface area contributed by atoms with Crippen LogP contribution >= 0.6 is 22.9 Å². The third kappa shape index (κ3) is 2.40. The van der Waals surface area contributed by atoms with Gasteiger partial charge in [0.2, 0.25) is 0 Å². The Kier molecular flexibility index (Phi) is 3.42. The van der Waals surface area contributed by atoms with Gasteiger partial charge in [-0.1, -0.05) is 41.4 Å². The van der Waals surface area contributed by atoms with E-state index >= 15 is 0 Å². The van der Waals surface area contributed by atoms with Crippen molar-refractivity contribution in [3.8, 4) is 0 Å². The molecule has 2 aromatic heterocycles. The molecule has 0 bridgehead atoms. The van der Waals surface area contributed by atoms with Crippen LogP contribution in [-0.2, 0) is 0 Å². The van der Waals surface area contributed by atoms with Gasteiger partial charge in [0.25, 0.3) is 0 Å². The first-order valence-electron chi connectivity index (χ1n) is 6.05. The van der Waals surface area contributed by atoms with Crippen molar-refractivity contribution in [2.45, 2.75) is 6.92 Å². The maximum atomic E-state index is 12.1. The lowest BCUT2D eigenvalue weighted by Crippen LogP contribution is -1.94. The number of carbonyl (C=O) groups is 1. The van der Waals surface area contributed by atoms with Crippen LogP contribution in [-0.4, -0.2) is 15.2 Å².